The van der Waals surface area contributed by atoms with Crippen LogP contribution in [0.5, 0.6) is 0 Å². The maximum atomic E-state index is 12.2. The van der Waals surface area contributed by atoms with Crippen LogP contribution in [0.25, 0.3) is 22.6 Å². The molecule has 30 heavy (non-hydrogen) atoms. The van der Waals surface area contributed by atoms with Crippen molar-refractivity contribution in [2.45, 2.75) is 38.4 Å². The normalized spacial score (nSPS) is 23.8. The van der Waals surface area contributed by atoms with Gasteiger partial charge in [0.25, 0.3) is 5.91 Å². The molecule has 12 heteroatoms. The fourth-order valence-corrected chi connectivity index (χ4v) is 3.60. The van der Waals surface area contributed by atoms with E-state index >= 15 is 0 Å². The van der Waals surface area contributed by atoms with Gasteiger partial charge < -0.3 is 25.6 Å². The summed E-state index contributed by atoms with van der Waals surface area (Å²) in [5, 5.41) is 30.8. The van der Waals surface area contributed by atoms with Crippen molar-refractivity contribution in [2.75, 3.05) is 18.9 Å². The summed E-state index contributed by atoms with van der Waals surface area (Å²) in [5.74, 6) is 0.422. The van der Waals surface area contributed by atoms with E-state index in [4.69, 9.17) is 4.74 Å². The number of aromatic nitrogens is 6. The number of rotatable bonds is 5. The molecule has 3 aromatic rings. The third-order valence-corrected chi connectivity index (χ3v) is 5.03. The number of likely N-dealkylation sites (N-methyl/N-ethyl adjacent to an activating group) is 1. The van der Waals surface area contributed by atoms with Crippen LogP contribution in [0.15, 0.2) is 12.5 Å². The predicted octanol–water partition coefficient (Wildman–Crippen LogP) is -0.668. The van der Waals surface area contributed by atoms with Crippen molar-refractivity contribution in [2.24, 2.45) is 7.05 Å². The van der Waals surface area contributed by atoms with Gasteiger partial charge in [-0.05, 0) is 13.8 Å². The summed E-state index contributed by atoms with van der Waals surface area (Å²) in [6, 6.07) is 0. The molecule has 3 unspecified atom stereocenters. The molecule has 0 spiro atoms. The maximum absolute atomic E-state index is 12.2. The fourth-order valence-electron chi connectivity index (χ4n) is 3.60. The van der Waals surface area contributed by atoms with E-state index in [2.05, 4.69) is 30.7 Å². The van der Waals surface area contributed by atoms with E-state index in [-0.39, 0.29) is 0 Å². The van der Waals surface area contributed by atoms with Gasteiger partial charge in [-0.3, -0.25) is 14.0 Å². The van der Waals surface area contributed by atoms with Crippen LogP contribution < -0.4 is 10.6 Å². The van der Waals surface area contributed by atoms with E-state index in [1.54, 1.807) is 18.7 Å². The lowest BCUT2D eigenvalue weighted by molar-refractivity contribution is -0.137. The van der Waals surface area contributed by atoms with Crippen LogP contribution >= 0.6 is 0 Å². The Hall–Kier alpha value is -3.09. The van der Waals surface area contributed by atoms with Crippen molar-refractivity contribution < 1.29 is 19.7 Å². The Kier molecular flexibility index (Phi) is 5.13. The first-order chi connectivity index (χ1) is 14.3. The number of hydrogen-bond acceptors (Lipinski definition) is 9. The number of aliphatic hydroxyl groups is 2. The molecule has 4 heterocycles. The molecule has 4 rings (SSSR count). The highest BCUT2D eigenvalue weighted by atomic mass is 16.6. The van der Waals surface area contributed by atoms with Gasteiger partial charge in [0.05, 0.1) is 17.6 Å². The van der Waals surface area contributed by atoms with Crippen molar-refractivity contribution >= 4 is 22.9 Å². The molecule has 1 saturated heterocycles. The highest BCUT2D eigenvalue weighted by Gasteiger charge is 2.47. The van der Waals surface area contributed by atoms with Crippen molar-refractivity contribution in [1.82, 2.24) is 34.6 Å². The van der Waals surface area contributed by atoms with Gasteiger partial charge in [0.1, 0.15) is 12.2 Å². The standard InChI is InChI=1S/C18H24N8O4/c1-5-20-17(29)13-11(27)12(28)18(30-13)26-7-21-10-15(19-3)22-14(23-16(10)26)9-6-25(4)24-8(9)2/h6-7,11-13,18,27-28H,5H2,1-4H3,(H,20,29)(H,19,22,23)/t11?,12?,13-,18?/m1/s1. The first kappa shape index (κ1) is 20.2. The van der Waals surface area contributed by atoms with E-state index in [1.165, 1.54) is 10.9 Å². The molecule has 1 fully saturated rings. The quantitative estimate of drug-likeness (QED) is 0.424. The molecule has 12 nitrogen and oxygen atoms in total. The number of amides is 1. The van der Waals surface area contributed by atoms with Crippen LogP contribution in [0.4, 0.5) is 5.82 Å². The minimum absolute atomic E-state index is 0.382. The minimum atomic E-state index is -1.38. The Morgan fingerprint density at radius 2 is 2.07 bits per heavy atom. The number of aryl methyl sites for hydroxylation is 2. The molecule has 0 aliphatic carbocycles. The largest absolute Gasteiger partial charge is 0.387 e. The molecule has 1 amide bonds. The zero-order valence-electron chi connectivity index (χ0n) is 17.1. The molecule has 0 saturated carbocycles. The number of anilines is 1. The monoisotopic (exact) mass is 416 g/mol. The Morgan fingerprint density at radius 3 is 2.70 bits per heavy atom. The van der Waals surface area contributed by atoms with E-state index in [0.29, 0.717) is 29.4 Å². The zero-order valence-corrected chi connectivity index (χ0v) is 17.1. The number of nitrogens with one attached hydrogen (secondary N) is 2. The molecule has 4 N–H and O–H groups in total. The summed E-state index contributed by atoms with van der Waals surface area (Å²) < 4.78 is 8.89. The number of hydrogen-bond donors (Lipinski definition) is 4. The van der Waals surface area contributed by atoms with E-state index in [0.717, 1.165) is 11.3 Å². The first-order valence-corrected chi connectivity index (χ1v) is 9.58. The summed E-state index contributed by atoms with van der Waals surface area (Å²) >= 11 is 0. The summed E-state index contributed by atoms with van der Waals surface area (Å²) in [5.41, 5.74) is 2.36. The van der Waals surface area contributed by atoms with Crippen LogP contribution in [0, 0.1) is 6.92 Å². The number of imidazole rings is 1. The van der Waals surface area contributed by atoms with E-state index in [9.17, 15) is 15.0 Å². The Labute approximate surface area is 171 Å². The van der Waals surface area contributed by atoms with E-state index < -0.39 is 30.4 Å². The highest BCUT2D eigenvalue weighted by molar-refractivity contribution is 5.85. The smallest absolute Gasteiger partial charge is 0.252 e. The fraction of sp³-hybridized carbons (Fsp3) is 0.500. The van der Waals surface area contributed by atoms with Crippen LogP contribution in [-0.4, -0.2) is 77.3 Å². The molecule has 1 aliphatic rings. The maximum Gasteiger partial charge on any atom is 0.252 e. The van der Waals surface area contributed by atoms with Crippen molar-refractivity contribution in [3.63, 3.8) is 0 Å². The second-order valence-corrected chi connectivity index (χ2v) is 7.09. The van der Waals surface area contributed by atoms with E-state index in [1.807, 2.05) is 20.2 Å². The van der Waals surface area contributed by atoms with Gasteiger partial charge in [-0.25, -0.2) is 15.0 Å². The minimum Gasteiger partial charge on any atom is -0.387 e. The van der Waals surface area contributed by atoms with Crippen LogP contribution in [0.3, 0.4) is 0 Å². The van der Waals surface area contributed by atoms with Gasteiger partial charge in [0.2, 0.25) is 0 Å². The molecular weight excluding hydrogens is 392 g/mol. The topological polar surface area (TPSA) is 152 Å². The number of aliphatic hydroxyl groups excluding tert-OH is 2. The van der Waals surface area contributed by atoms with Gasteiger partial charge >= 0.3 is 0 Å². The molecule has 0 radical (unpaired) electrons. The highest BCUT2D eigenvalue weighted by Crippen LogP contribution is 2.33. The summed E-state index contributed by atoms with van der Waals surface area (Å²) in [7, 11) is 3.53. The van der Waals surface area contributed by atoms with Gasteiger partial charge in [-0.2, -0.15) is 5.10 Å². The molecule has 0 aromatic carbocycles. The van der Waals surface area contributed by atoms with Gasteiger partial charge in [-0.15, -0.1) is 0 Å². The Bertz CT molecular complexity index is 1090. The molecular formula is C18H24N8O4. The van der Waals surface area contributed by atoms with Crippen LogP contribution in [0.2, 0.25) is 0 Å². The first-order valence-electron chi connectivity index (χ1n) is 9.58. The summed E-state index contributed by atoms with van der Waals surface area (Å²) in [6.07, 6.45) is -1.71. The molecule has 3 aromatic heterocycles. The van der Waals surface area contributed by atoms with Crippen LogP contribution in [0.1, 0.15) is 18.8 Å². The third kappa shape index (κ3) is 3.18. The molecule has 0 bridgehead atoms. The average molecular weight is 416 g/mol. The van der Waals surface area contributed by atoms with Gasteiger partial charge in [-0.1, -0.05) is 0 Å². The van der Waals surface area contributed by atoms with Crippen molar-refractivity contribution in [1.29, 1.82) is 0 Å². The molecule has 1 aliphatic heterocycles. The van der Waals surface area contributed by atoms with Gasteiger partial charge in [0.15, 0.2) is 35.1 Å². The van der Waals surface area contributed by atoms with Crippen LogP contribution in [-0.2, 0) is 16.6 Å². The number of nitrogens with zero attached hydrogens (tertiary/aromatic N) is 6. The summed E-state index contributed by atoms with van der Waals surface area (Å²) in [4.78, 5) is 25.7. The third-order valence-electron chi connectivity index (χ3n) is 5.03. The second kappa shape index (κ2) is 7.63. The zero-order chi connectivity index (χ0) is 21.6. The predicted molar refractivity (Wildman–Crippen MR) is 106 cm³/mol. The number of ether oxygens (including phenoxy) is 1. The molecule has 4 atom stereocenters. The number of fused-ring (bicyclic) bond motifs is 1. The number of carbonyl (C=O) groups excluding carboxylic acids is 1. The molecule has 160 valence electrons. The van der Waals surface area contributed by atoms with Gasteiger partial charge in [0, 0.05) is 26.8 Å². The van der Waals surface area contributed by atoms with Crippen molar-refractivity contribution in [3.05, 3.63) is 18.2 Å². The Balaban J connectivity index is 1.79. The lowest BCUT2D eigenvalue weighted by Gasteiger charge is -2.17. The summed E-state index contributed by atoms with van der Waals surface area (Å²) in [6.45, 7) is 4.00. The Morgan fingerprint density at radius 1 is 1.30 bits per heavy atom. The second-order valence-electron chi connectivity index (χ2n) is 7.09. The SMILES string of the molecule is CCNC(=O)[C@@H]1OC(n2cnc3c(NC)nc(-c4cn(C)nc4C)nc32)C(O)C1O. The van der Waals surface area contributed by atoms with Crippen molar-refractivity contribution in [3.8, 4) is 11.4 Å². The lowest BCUT2D eigenvalue weighted by atomic mass is 10.1. The lowest BCUT2D eigenvalue weighted by Crippen LogP contribution is -2.42. The average Bonchev–Trinajstić information content (AvgIpc) is 3.37. The number of carbonyl (C=O) groups is 1.